The van der Waals surface area contributed by atoms with Crippen LogP contribution in [-0.4, -0.2) is 26.4 Å². The van der Waals surface area contributed by atoms with E-state index in [1.807, 2.05) is 30.3 Å². The van der Waals surface area contributed by atoms with Gasteiger partial charge < -0.3 is 10.6 Å². The molecule has 0 fully saturated rings. The SMILES string of the molecule is CC(=O)N/C(=C\c1ccccc1)C(=O)Nc1ccnc2ccnn12. The molecule has 2 N–H and O–H groups in total. The Bertz CT molecular complexity index is 915. The Morgan fingerprint density at radius 3 is 2.62 bits per heavy atom. The highest BCUT2D eigenvalue weighted by molar-refractivity contribution is 6.08. The van der Waals surface area contributed by atoms with Crippen LogP contribution in [0.4, 0.5) is 5.82 Å². The smallest absolute Gasteiger partial charge is 0.273 e. The zero-order valence-corrected chi connectivity index (χ0v) is 12.9. The number of nitrogens with one attached hydrogen (secondary N) is 2. The first-order valence-corrected chi connectivity index (χ1v) is 7.28. The average molecular weight is 321 g/mol. The minimum Gasteiger partial charge on any atom is -0.322 e. The van der Waals surface area contributed by atoms with Crippen molar-refractivity contribution in [1.29, 1.82) is 0 Å². The molecule has 3 aromatic rings. The molecule has 1 aromatic carbocycles. The van der Waals surface area contributed by atoms with E-state index < -0.39 is 5.91 Å². The Labute approximate surface area is 138 Å². The van der Waals surface area contributed by atoms with Crippen molar-refractivity contribution in [2.24, 2.45) is 0 Å². The van der Waals surface area contributed by atoms with Gasteiger partial charge in [-0.15, -0.1) is 0 Å². The van der Waals surface area contributed by atoms with Crippen molar-refractivity contribution >= 4 is 29.4 Å². The normalized spacial score (nSPS) is 11.3. The Hall–Kier alpha value is -3.48. The van der Waals surface area contributed by atoms with E-state index in [0.717, 1.165) is 5.56 Å². The van der Waals surface area contributed by atoms with E-state index in [2.05, 4.69) is 20.7 Å². The van der Waals surface area contributed by atoms with Crippen LogP contribution >= 0.6 is 0 Å². The molecule has 120 valence electrons. The maximum atomic E-state index is 12.6. The summed E-state index contributed by atoms with van der Waals surface area (Å²) in [6.45, 7) is 1.35. The summed E-state index contributed by atoms with van der Waals surface area (Å²) in [5, 5.41) is 9.40. The quantitative estimate of drug-likeness (QED) is 0.718. The van der Waals surface area contributed by atoms with Crippen LogP contribution in [-0.2, 0) is 9.59 Å². The molecular weight excluding hydrogens is 306 g/mol. The van der Waals surface area contributed by atoms with Crippen molar-refractivity contribution < 1.29 is 9.59 Å². The van der Waals surface area contributed by atoms with Crippen LogP contribution in [0, 0.1) is 0 Å². The molecule has 0 radical (unpaired) electrons. The van der Waals surface area contributed by atoms with Crippen LogP contribution < -0.4 is 10.6 Å². The largest absolute Gasteiger partial charge is 0.322 e. The summed E-state index contributed by atoms with van der Waals surface area (Å²) in [4.78, 5) is 28.1. The maximum Gasteiger partial charge on any atom is 0.273 e. The molecule has 2 amide bonds. The fourth-order valence-corrected chi connectivity index (χ4v) is 2.18. The monoisotopic (exact) mass is 321 g/mol. The molecule has 0 atom stereocenters. The lowest BCUT2D eigenvalue weighted by molar-refractivity contribution is -0.120. The van der Waals surface area contributed by atoms with Gasteiger partial charge in [-0.25, -0.2) is 4.98 Å². The second-order valence-electron chi connectivity index (χ2n) is 5.04. The van der Waals surface area contributed by atoms with Gasteiger partial charge in [0.05, 0.1) is 6.20 Å². The molecular formula is C17H15N5O2. The standard InChI is InChI=1S/C17H15N5O2/c1-12(23)20-14(11-13-5-3-2-4-6-13)17(24)21-16-7-9-18-15-8-10-19-22(15)16/h2-11H,1H3,(H,20,23)(H,21,24)/b14-11-. The number of hydrogen-bond acceptors (Lipinski definition) is 4. The van der Waals surface area contributed by atoms with E-state index >= 15 is 0 Å². The third-order valence-corrected chi connectivity index (χ3v) is 3.20. The fraction of sp³-hybridized carbons (Fsp3) is 0.0588. The molecule has 2 aromatic heterocycles. The lowest BCUT2D eigenvalue weighted by atomic mass is 10.2. The van der Waals surface area contributed by atoms with E-state index in [-0.39, 0.29) is 11.6 Å². The van der Waals surface area contributed by atoms with Gasteiger partial charge in [0.25, 0.3) is 5.91 Å². The summed E-state index contributed by atoms with van der Waals surface area (Å²) < 4.78 is 1.51. The van der Waals surface area contributed by atoms with Gasteiger partial charge in [-0.05, 0) is 17.7 Å². The number of carbonyl (C=O) groups excluding carboxylic acids is 2. The van der Waals surface area contributed by atoms with Crippen molar-refractivity contribution in [2.75, 3.05) is 5.32 Å². The van der Waals surface area contributed by atoms with Gasteiger partial charge in [0.2, 0.25) is 5.91 Å². The Kier molecular flexibility index (Phi) is 4.33. The molecule has 0 bridgehead atoms. The number of hydrogen-bond donors (Lipinski definition) is 2. The summed E-state index contributed by atoms with van der Waals surface area (Å²) >= 11 is 0. The van der Waals surface area contributed by atoms with Gasteiger partial charge in [-0.1, -0.05) is 30.3 Å². The second-order valence-corrected chi connectivity index (χ2v) is 5.04. The van der Waals surface area contributed by atoms with Crippen molar-refractivity contribution in [2.45, 2.75) is 6.92 Å². The van der Waals surface area contributed by atoms with Gasteiger partial charge in [-0.3, -0.25) is 9.59 Å². The molecule has 7 heteroatoms. The molecule has 2 heterocycles. The van der Waals surface area contributed by atoms with Crippen LogP contribution in [0.15, 0.2) is 60.6 Å². The third kappa shape index (κ3) is 3.46. The Morgan fingerprint density at radius 1 is 1.08 bits per heavy atom. The molecule has 0 saturated carbocycles. The third-order valence-electron chi connectivity index (χ3n) is 3.20. The van der Waals surface area contributed by atoms with E-state index in [1.165, 1.54) is 11.4 Å². The number of nitrogens with zero attached hydrogens (tertiary/aromatic N) is 3. The van der Waals surface area contributed by atoms with E-state index in [9.17, 15) is 9.59 Å². The topological polar surface area (TPSA) is 88.4 Å². The average Bonchev–Trinajstić information content (AvgIpc) is 3.04. The second kappa shape index (κ2) is 6.74. The van der Waals surface area contributed by atoms with Crippen molar-refractivity contribution in [3.8, 4) is 0 Å². The number of anilines is 1. The Balaban J connectivity index is 1.90. The minimum absolute atomic E-state index is 0.144. The summed E-state index contributed by atoms with van der Waals surface area (Å²) in [6.07, 6.45) is 4.77. The predicted molar refractivity (Wildman–Crippen MR) is 89.9 cm³/mol. The molecule has 0 aliphatic rings. The summed E-state index contributed by atoms with van der Waals surface area (Å²) in [6, 6.07) is 12.6. The highest BCUT2D eigenvalue weighted by Crippen LogP contribution is 2.11. The molecule has 3 rings (SSSR count). The Morgan fingerprint density at radius 2 is 1.88 bits per heavy atom. The van der Waals surface area contributed by atoms with Crippen LogP contribution in [0.3, 0.4) is 0 Å². The number of benzene rings is 1. The number of aromatic nitrogens is 3. The summed E-state index contributed by atoms with van der Waals surface area (Å²) in [7, 11) is 0. The van der Waals surface area contributed by atoms with Gasteiger partial charge in [0, 0.05) is 19.2 Å². The van der Waals surface area contributed by atoms with E-state index in [4.69, 9.17) is 0 Å². The first kappa shape index (κ1) is 15.4. The zero-order valence-electron chi connectivity index (χ0n) is 12.9. The predicted octanol–water partition coefficient (Wildman–Crippen LogP) is 1.84. The molecule has 0 aliphatic heterocycles. The van der Waals surface area contributed by atoms with Gasteiger partial charge in [0.1, 0.15) is 11.5 Å². The minimum atomic E-state index is -0.447. The zero-order chi connectivity index (χ0) is 16.9. The first-order valence-electron chi connectivity index (χ1n) is 7.28. The fourth-order valence-electron chi connectivity index (χ4n) is 2.18. The molecule has 0 spiro atoms. The number of rotatable bonds is 4. The summed E-state index contributed by atoms with van der Waals surface area (Å²) in [5.41, 5.74) is 1.56. The van der Waals surface area contributed by atoms with Gasteiger partial charge >= 0.3 is 0 Å². The lowest BCUT2D eigenvalue weighted by Crippen LogP contribution is -2.29. The highest BCUT2D eigenvalue weighted by atomic mass is 16.2. The highest BCUT2D eigenvalue weighted by Gasteiger charge is 2.13. The number of carbonyl (C=O) groups is 2. The van der Waals surface area contributed by atoms with Crippen molar-refractivity contribution in [3.63, 3.8) is 0 Å². The van der Waals surface area contributed by atoms with Crippen LogP contribution in [0.2, 0.25) is 0 Å². The van der Waals surface area contributed by atoms with Gasteiger partial charge in [0.15, 0.2) is 5.65 Å². The van der Waals surface area contributed by atoms with E-state index in [0.29, 0.717) is 11.5 Å². The molecule has 7 nitrogen and oxygen atoms in total. The maximum absolute atomic E-state index is 12.6. The van der Waals surface area contributed by atoms with Crippen molar-refractivity contribution in [1.82, 2.24) is 19.9 Å². The lowest BCUT2D eigenvalue weighted by Gasteiger charge is -2.10. The van der Waals surface area contributed by atoms with E-state index in [1.54, 1.807) is 30.6 Å². The number of amides is 2. The molecule has 0 unspecified atom stereocenters. The molecule has 0 saturated heterocycles. The van der Waals surface area contributed by atoms with Crippen LogP contribution in [0.25, 0.3) is 11.7 Å². The van der Waals surface area contributed by atoms with Crippen LogP contribution in [0.5, 0.6) is 0 Å². The molecule has 0 aliphatic carbocycles. The summed E-state index contributed by atoms with van der Waals surface area (Å²) in [5.74, 6) is -0.317. The molecule has 24 heavy (non-hydrogen) atoms. The first-order chi connectivity index (χ1) is 11.6. The van der Waals surface area contributed by atoms with Crippen molar-refractivity contribution in [3.05, 3.63) is 66.1 Å². The number of fused-ring (bicyclic) bond motifs is 1. The van der Waals surface area contributed by atoms with Gasteiger partial charge in [-0.2, -0.15) is 9.61 Å². The van der Waals surface area contributed by atoms with Crippen LogP contribution in [0.1, 0.15) is 12.5 Å².